The Bertz CT molecular complexity index is 1340. The Kier molecular flexibility index (Phi) is 7.07. The van der Waals surface area contributed by atoms with E-state index in [9.17, 15) is 18.0 Å². The average molecular weight is 494 g/mol. The third kappa shape index (κ3) is 5.30. The maximum absolute atomic E-state index is 13.1. The third-order valence-electron chi connectivity index (χ3n) is 5.93. The van der Waals surface area contributed by atoms with Crippen molar-refractivity contribution in [2.24, 2.45) is 0 Å². The van der Waals surface area contributed by atoms with Gasteiger partial charge in [-0.25, -0.2) is 8.42 Å². The van der Waals surface area contributed by atoms with Crippen LogP contribution in [0.25, 0.3) is 0 Å². The summed E-state index contributed by atoms with van der Waals surface area (Å²) in [6.07, 6.45) is 1.45. The number of para-hydroxylation sites is 2. The second-order valence-corrected chi connectivity index (χ2v) is 10.2. The van der Waals surface area contributed by atoms with Crippen molar-refractivity contribution < 1.29 is 22.7 Å². The van der Waals surface area contributed by atoms with Gasteiger partial charge in [-0.15, -0.1) is 0 Å². The van der Waals surface area contributed by atoms with E-state index in [1.165, 1.54) is 38.4 Å². The Balaban J connectivity index is 1.46. The van der Waals surface area contributed by atoms with Crippen LogP contribution in [0, 0.1) is 0 Å². The Labute approximate surface area is 205 Å². The molecule has 3 aromatic carbocycles. The van der Waals surface area contributed by atoms with E-state index in [4.69, 9.17) is 4.74 Å². The number of carbonyl (C=O) groups excluding carboxylic acids is 2. The highest BCUT2D eigenvalue weighted by molar-refractivity contribution is 7.92. The predicted molar refractivity (Wildman–Crippen MR) is 134 cm³/mol. The average Bonchev–Trinajstić information content (AvgIpc) is 3.27. The zero-order chi connectivity index (χ0) is 25.0. The summed E-state index contributed by atoms with van der Waals surface area (Å²) in [5.41, 5.74) is 2.27. The molecular formula is C26H27N3O5S. The fourth-order valence-corrected chi connectivity index (χ4v) is 5.20. The van der Waals surface area contributed by atoms with E-state index in [1.54, 1.807) is 30.3 Å². The molecule has 0 saturated carbocycles. The number of hydrogen-bond donors (Lipinski definition) is 1. The van der Waals surface area contributed by atoms with Gasteiger partial charge in [0.15, 0.2) is 0 Å². The predicted octanol–water partition coefficient (Wildman–Crippen LogP) is 3.90. The quantitative estimate of drug-likeness (QED) is 0.514. The molecule has 4 rings (SSSR count). The van der Waals surface area contributed by atoms with Crippen LogP contribution in [0.15, 0.2) is 77.7 Å². The summed E-state index contributed by atoms with van der Waals surface area (Å²) in [4.78, 5) is 26.5. The lowest BCUT2D eigenvalue weighted by molar-refractivity contribution is -0.128. The van der Waals surface area contributed by atoms with Gasteiger partial charge in [0.1, 0.15) is 5.75 Å². The SMILES string of the molecule is COc1ccccc1N(C)S(=O)(=O)c1ccc(C(=O)Nc2cccc(CN3CCCC3=O)c2)cc1. The number of sulfonamides is 1. The van der Waals surface area contributed by atoms with E-state index in [0.717, 1.165) is 22.8 Å². The Morgan fingerprint density at radius 2 is 1.80 bits per heavy atom. The van der Waals surface area contributed by atoms with Crippen LogP contribution in [-0.2, 0) is 21.4 Å². The van der Waals surface area contributed by atoms with Gasteiger partial charge in [0.05, 0.1) is 17.7 Å². The lowest BCUT2D eigenvalue weighted by Crippen LogP contribution is -2.27. The van der Waals surface area contributed by atoms with Crippen molar-refractivity contribution in [3.63, 3.8) is 0 Å². The van der Waals surface area contributed by atoms with Crippen molar-refractivity contribution >= 4 is 33.2 Å². The summed E-state index contributed by atoms with van der Waals surface area (Å²) in [6, 6.07) is 20.0. The van der Waals surface area contributed by atoms with Gasteiger partial charge in [-0.1, -0.05) is 24.3 Å². The van der Waals surface area contributed by atoms with Crippen molar-refractivity contribution in [1.29, 1.82) is 0 Å². The number of anilines is 2. The Morgan fingerprint density at radius 3 is 2.49 bits per heavy atom. The highest BCUT2D eigenvalue weighted by atomic mass is 32.2. The molecule has 1 N–H and O–H groups in total. The van der Waals surface area contributed by atoms with Gasteiger partial charge in [0.25, 0.3) is 15.9 Å². The zero-order valence-electron chi connectivity index (χ0n) is 19.6. The first kappa shape index (κ1) is 24.3. The van der Waals surface area contributed by atoms with Crippen LogP contribution in [-0.4, -0.2) is 45.8 Å². The van der Waals surface area contributed by atoms with Crippen LogP contribution in [0.5, 0.6) is 5.75 Å². The summed E-state index contributed by atoms with van der Waals surface area (Å²) in [7, 11) is -0.923. The summed E-state index contributed by atoms with van der Waals surface area (Å²) in [5, 5.41) is 2.84. The number of methoxy groups -OCH3 is 1. The fraction of sp³-hybridized carbons (Fsp3) is 0.231. The first-order chi connectivity index (χ1) is 16.8. The number of hydrogen-bond acceptors (Lipinski definition) is 5. The standard InChI is InChI=1S/C26H27N3O5S/c1-28(23-9-3-4-10-24(23)34-2)35(32,33)22-14-12-20(13-15-22)26(31)27-21-8-5-7-19(17-21)18-29-16-6-11-25(29)30/h3-5,7-10,12-15,17H,6,11,16,18H2,1-2H3,(H,27,31). The molecular weight excluding hydrogens is 466 g/mol. The minimum Gasteiger partial charge on any atom is -0.495 e. The molecule has 2 amide bonds. The summed E-state index contributed by atoms with van der Waals surface area (Å²) < 4.78 is 32.7. The lowest BCUT2D eigenvalue weighted by Gasteiger charge is -2.21. The smallest absolute Gasteiger partial charge is 0.264 e. The third-order valence-corrected chi connectivity index (χ3v) is 7.71. The molecule has 1 fully saturated rings. The van der Waals surface area contributed by atoms with Crippen LogP contribution in [0.2, 0.25) is 0 Å². The van der Waals surface area contributed by atoms with Crippen LogP contribution >= 0.6 is 0 Å². The topological polar surface area (TPSA) is 96.0 Å². The van der Waals surface area contributed by atoms with Crippen molar-refractivity contribution in [2.75, 3.05) is 30.3 Å². The number of rotatable bonds is 8. The second kappa shape index (κ2) is 10.2. The fourth-order valence-electron chi connectivity index (χ4n) is 4.00. The lowest BCUT2D eigenvalue weighted by atomic mass is 10.1. The minimum absolute atomic E-state index is 0.0553. The molecule has 35 heavy (non-hydrogen) atoms. The van der Waals surface area contributed by atoms with Crippen LogP contribution < -0.4 is 14.4 Å². The molecule has 3 aromatic rings. The first-order valence-electron chi connectivity index (χ1n) is 11.2. The van der Waals surface area contributed by atoms with E-state index < -0.39 is 10.0 Å². The molecule has 1 aliphatic rings. The van der Waals surface area contributed by atoms with E-state index in [0.29, 0.717) is 35.7 Å². The Morgan fingerprint density at radius 1 is 1.06 bits per heavy atom. The van der Waals surface area contributed by atoms with Gasteiger partial charge in [0.2, 0.25) is 5.91 Å². The van der Waals surface area contributed by atoms with Crippen LogP contribution in [0.3, 0.4) is 0 Å². The van der Waals surface area contributed by atoms with Gasteiger partial charge < -0.3 is 15.0 Å². The number of ether oxygens (including phenoxy) is 1. The molecule has 1 saturated heterocycles. The largest absolute Gasteiger partial charge is 0.495 e. The van der Waals surface area contributed by atoms with E-state index in [-0.39, 0.29) is 16.7 Å². The molecule has 1 aliphatic heterocycles. The molecule has 0 unspecified atom stereocenters. The summed E-state index contributed by atoms with van der Waals surface area (Å²) in [5.74, 6) is 0.221. The molecule has 0 spiro atoms. The highest BCUT2D eigenvalue weighted by Gasteiger charge is 2.24. The number of amides is 2. The number of likely N-dealkylation sites (tertiary alicyclic amines) is 1. The Hall–Kier alpha value is -3.85. The molecule has 1 heterocycles. The van der Waals surface area contributed by atoms with Crippen LogP contribution in [0.1, 0.15) is 28.8 Å². The van der Waals surface area contributed by atoms with Gasteiger partial charge in [-0.05, 0) is 60.5 Å². The highest BCUT2D eigenvalue weighted by Crippen LogP contribution is 2.31. The molecule has 0 bridgehead atoms. The molecule has 0 atom stereocenters. The molecule has 0 aromatic heterocycles. The molecule has 9 heteroatoms. The first-order valence-corrected chi connectivity index (χ1v) is 12.6. The van der Waals surface area contributed by atoms with Gasteiger partial charge in [0, 0.05) is 37.8 Å². The molecule has 182 valence electrons. The van der Waals surface area contributed by atoms with E-state index in [1.807, 2.05) is 23.1 Å². The maximum atomic E-state index is 13.1. The number of nitrogens with one attached hydrogen (secondary N) is 1. The minimum atomic E-state index is -3.86. The molecule has 0 radical (unpaired) electrons. The zero-order valence-corrected chi connectivity index (χ0v) is 20.4. The van der Waals surface area contributed by atoms with Gasteiger partial charge >= 0.3 is 0 Å². The van der Waals surface area contributed by atoms with Crippen molar-refractivity contribution in [2.45, 2.75) is 24.3 Å². The molecule has 8 nitrogen and oxygen atoms in total. The van der Waals surface area contributed by atoms with Crippen LogP contribution in [0.4, 0.5) is 11.4 Å². The maximum Gasteiger partial charge on any atom is 0.264 e. The normalized spacial score (nSPS) is 13.5. The summed E-state index contributed by atoms with van der Waals surface area (Å²) in [6.45, 7) is 1.26. The summed E-state index contributed by atoms with van der Waals surface area (Å²) >= 11 is 0. The number of carbonyl (C=O) groups is 2. The van der Waals surface area contributed by atoms with Gasteiger partial charge in [-0.2, -0.15) is 0 Å². The van der Waals surface area contributed by atoms with Gasteiger partial charge in [-0.3, -0.25) is 13.9 Å². The number of nitrogens with zero attached hydrogens (tertiary/aromatic N) is 2. The van der Waals surface area contributed by atoms with E-state index in [2.05, 4.69) is 5.32 Å². The van der Waals surface area contributed by atoms with Crippen molar-refractivity contribution in [1.82, 2.24) is 4.90 Å². The van der Waals surface area contributed by atoms with Crippen molar-refractivity contribution in [3.8, 4) is 5.75 Å². The van der Waals surface area contributed by atoms with Crippen molar-refractivity contribution in [3.05, 3.63) is 83.9 Å². The monoisotopic (exact) mass is 493 g/mol. The second-order valence-electron chi connectivity index (χ2n) is 8.24. The number of benzene rings is 3. The molecule has 0 aliphatic carbocycles. The van der Waals surface area contributed by atoms with E-state index >= 15 is 0 Å².